The van der Waals surface area contributed by atoms with Gasteiger partial charge >= 0.3 is 5.97 Å². The van der Waals surface area contributed by atoms with Crippen molar-refractivity contribution >= 4 is 17.6 Å². The Kier molecular flexibility index (Phi) is 4.57. The van der Waals surface area contributed by atoms with E-state index < -0.39 is 17.2 Å². The van der Waals surface area contributed by atoms with Crippen molar-refractivity contribution in [3.8, 4) is 0 Å². The molecule has 2 N–H and O–H groups in total. The molecule has 0 aromatic heterocycles. The van der Waals surface area contributed by atoms with Crippen molar-refractivity contribution < 1.29 is 19.1 Å². The molecule has 21 heavy (non-hydrogen) atoms. The molecule has 0 spiro atoms. The summed E-state index contributed by atoms with van der Waals surface area (Å²) < 4.78 is 13.5. The molecular weight excluding hydrogens is 275 g/mol. The number of nitrogens with zero attached hydrogens (tertiary/aromatic N) is 1. The van der Waals surface area contributed by atoms with Crippen LogP contribution in [0.15, 0.2) is 24.3 Å². The minimum atomic E-state index is -0.846. The Balaban J connectivity index is 1.94. The summed E-state index contributed by atoms with van der Waals surface area (Å²) >= 11 is 0. The van der Waals surface area contributed by atoms with Crippen LogP contribution in [0.25, 0.3) is 0 Å². The maximum absolute atomic E-state index is 13.5. The van der Waals surface area contributed by atoms with Crippen LogP contribution in [0.3, 0.4) is 0 Å². The predicted octanol–water partition coefficient (Wildman–Crippen LogP) is 1.95. The van der Waals surface area contributed by atoms with Gasteiger partial charge in [0.1, 0.15) is 5.82 Å². The number of carboxylic acids is 1. The van der Waals surface area contributed by atoms with Gasteiger partial charge in [-0.15, -0.1) is 0 Å². The number of rotatable bonds is 4. The molecule has 6 heteroatoms. The molecule has 1 atom stereocenters. The van der Waals surface area contributed by atoms with Gasteiger partial charge in [-0.2, -0.15) is 0 Å². The molecule has 0 bridgehead atoms. The zero-order valence-electron chi connectivity index (χ0n) is 11.9. The number of likely N-dealkylation sites (tertiary alicyclic amines) is 1. The van der Waals surface area contributed by atoms with E-state index in [2.05, 4.69) is 5.32 Å². The van der Waals surface area contributed by atoms with E-state index in [1.54, 1.807) is 24.0 Å². The molecule has 1 saturated heterocycles. The Bertz CT molecular complexity index is 549. The summed E-state index contributed by atoms with van der Waals surface area (Å²) in [4.78, 5) is 25.0. The third-order valence-corrected chi connectivity index (χ3v) is 3.81. The van der Waals surface area contributed by atoms with Crippen LogP contribution in [-0.4, -0.2) is 41.5 Å². The number of hydrogen-bond donors (Lipinski definition) is 2. The highest BCUT2D eigenvalue weighted by Crippen LogP contribution is 2.29. The molecule has 1 aliphatic heterocycles. The Morgan fingerprint density at radius 3 is 2.81 bits per heavy atom. The van der Waals surface area contributed by atoms with E-state index in [0.717, 1.165) is 6.42 Å². The molecule has 0 aliphatic carbocycles. The zero-order chi connectivity index (χ0) is 15.5. The number of piperidine rings is 1. The summed E-state index contributed by atoms with van der Waals surface area (Å²) in [5.74, 6) is -1.67. The Hall–Kier alpha value is -1.95. The van der Waals surface area contributed by atoms with E-state index in [4.69, 9.17) is 0 Å². The fraction of sp³-hybridized carbons (Fsp3) is 0.467. The highest BCUT2D eigenvalue weighted by Gasteiger charge is 2.38. The summed E-state index contributed by atoms with van der Waals surface area (Å²) in [6, 6.07) is 5.96. The van der Waals surface area contributed by atoms with E-state index in [9.17, 15) is 19.1 Å². The van der Waals surface area contributed by atoms with Crippen molar-refractivity contribution in [3.63, 3.8) is 0 Å². The van der Waals surface area contributed by atoms with E-state index in [1.807, 2.05) is 0 Å². The second-order valence-electron chi connectivity index (χ2n) is 5.71. The number of hydrogen-bond acceptors (Lipinski definition) is 3. The van der Waals surface area contributed by atoms with Gasteiger partial charge < -0.3 is 10.4 Å². The van der Waals surface area contributed by atoms with Crippen molar-refractivity contribution in [2.75, 3.05) is 25.0 Å². The molecule has 1 fully saturated rings. The molecule has 114 valence electrons. The Labute approximate surface area is 122 Å². The average Bonchev–Trinajstić information content (AvgIpc) is 2.41. The van der Waals surface area contributed by atoms with Crippen LogP contribution >= 0.6 is 0 Å². The van der Waals surface area contributed by atoms with Crippen molar-refractivity contribution in [1.29, 1.82) is 0 Å². The number of benzene rings is 1. The summed E-state index contributed by atoms with van der Waals surface area (Å²) in [6.45, 7) is 2.76. The first kappa shape index (κ1) is 15.4. The number of amides is 1. The topological polar surface area (TPSA) is 69.6 Å². The van der Waals surface area contributed by atoms with Crippen molar-refractivity contribution in [2.24, 2.45) is 5.41 Å². The van der Waals surface area contributed by atoms with E-state index in [1.165, 1.54) is 12.1 Å². The summed E-state index contributed by atoms with van der Waals surface area (Å²) in [5, 5.41) is 11.8. The third kappa shape index (κ3) is 3.78. The highest BCUT2D eigenvalue weighted by atomic mass is 19.1. The lowest BCUT2D eigenvalue weighted by Gasteiger charge is -2.37. The van der Waals surface area contributed by atoms with Gasteiger partial charge in [-0.25, -0.2) is 4.39 Å². The molecule has 5 nitrogen and oxygen atoms in total. The number of carbonyl (C=O) groups is 2. The molecule has 1 aromatic rings. The van der Waals surface area contributed by atoms with Crippen LogP contribution in [0.1, 0.15) is 19.8 Å². The average molecular weight is 294 g/mol. The second kappa shape index (κ2) is 6.22. The van der Waals surface area contributed by atoms with E-state index in [0.29, 0.717) is 19.5 Å². The number of carboxylic acid groups (broad SMARTS) is 1. The van der Waals surface area contributed by atoms with Gasteiger partial charge in [-0.1, -0.05) is 12.1 Å². The molecule has 1 aliphatic rings. The van der Waals surface area contributed by atoms with E-state index >= 15 is 0 Å². The Morgan fingerprint density at radius 2 is 2.14 bits per heavy atom. The lowest BCUT2D eigenvalue weighted by Crippen LogP contribution is -2.48. The fourth-order valence-corrected chi connectivity index (χ4v) is 2.61. The van der Waals surface area contributed by atoms with Gasteiger partial charge in [0, 0.05) is 6.54 Å². The first-order valence-electron chi connectivity index (χ1n) is 6.91. The first-order chi connectivity index (χ1) is 9.90. The number of nitrogens with one attached hydrogen (secondary N) is 1. The molecule has 0 radical (unpaired) electrons. The smallest absolute Gasteiger partial charge is 0.310 e. The highest BCUT2D eigenvalue weighted by molar-refractivity contribution is 5.92. The van der Waals surface area contributed by atoms with Crippen LogP contribution < -0.4 is 5.32 Å². The number of carbonyl (C=O) groups excluding carboxylic acids is 1. The predicted molar refractivity (Wildman–Crippen MR) is 76.4 cm³/mol. The number of anilines is 1. The quantitative estimate of drug-likeness (QED) is 0.890. The number of aliphatic carboxylic acids is 1. The minimum Gasteiger partial charge on any atom is -0.481 e. The van der Waals surface area contributed by atoms with Crippen molar-refractivity contribution in [2.45, 2.75) is 19.8 Å². The van der Waals surface area contributed by atoms with Crippen molar-refractivity contribution in [3.05, 3.63) is 30.1 Å². The van der Waals surface area contributed by atoms with Crippen LogP contribution in [0.4, 0.5) is 10.1 Å². The molecule has 1 heterocycles. The van der Waals surface area contributed by atoms with Gasteiger partial charge in [0.25, 0.3) is 0 Å². The first-order valence-corrected chi connectivity index (χ1v) is 6.91. The standard InChI is InChI=1S/C15H19FN2O3/c1-15(14(20)21)7-4-8-18(10-15)9-13(19)17-12-6-3-2-5-11(12)16/h2-3,5-6H,4,7-10H2,1H3,(H,17,19)(H,20,21). The lowest BCUT2D eigenvalue weighted by atomic mass is 9.82. The van der Waals surface area contributed by atoms with Crippen molar-refractivity contribution in [1.82, 2.24) is 4.90 Å². The van der Waals surface area contributed by atoms with Gasteiger partial charge in [0.15, 0.2) is 0 Å². The lowest BCUT2D eigenvalue weighted by molar-refractivity contribution is -0.151. The Morgan fingerprint density at radius 1 is 1.43 bits per heavy atom. The molecule has 2 rings (SSSR count). The van der Waals surface area contributed by atoms with Gasteiger partial charge in [0.2, 0.25) is 5.91 Å². The van der Waals surface area contributed by atoms with Crippen LogP contribution in [0.5, 0.6) is 0 Å². The monoisotopic (exact) mass is 294 g/mol. The number of halogens is 1. The summed E-state index contributed by atoms with van der Waals surface area (Å²) in [7, 11) is 0. The molecule has 1 aromatic carbocycles. The summed E-state index contributed by atoms with van der Waals surface area (Å²) in [5.41, 5.74) is -0.684. The minimum absolute atomic E-state index is 0.0667. The molecular formula is C15H19FN2O3. The SMILES string of the molecule is CC1(C(=O)O)CCCN(CC(=O)Nc2ccccc2F)C1. The molecule has 0 saturated carbocycles. The normalized spacial score (nSPS) is 22.8. The van der Waals surface area contributed by atoms with Crippen LogP contribution in [0, 0.1) is 11.2 Å². The zero-order valence-corrected chi connectivity index (χ0v) is 11.9. The number of para-hydroxylation sites is 1. The van der Waals surface area contributed by atoms with Gasteiger partial charge in [0.05, 0.1) is 17.6 Å². The largest absolute Gasteiger partial charge is 0.481 e. The van der Waals surface area contributed by atoms with Gasteiger partial charge in [-0.3, -0.25) is 14.5 Å². The summed E-state index contributed by atoms with van der Waals surface area (Å²) in [6.07, 6.45) is 1.34. The second-order valence-corrected chi connectivity index (χ2v) is 5.71. The fourth-order valence-electron chi connectivity index (χ4n) is 2.61. The maximum atomic E-state index is 13.5. The molecule has 1 amide bonds. The van der Waals surface area contributed by atoms with E-state index in [-0.39, 0.29) is 18.1 Å². The van der Waals surface area contributed by atoms with Crippen LogP contribution in [0.2, 0.25) is 0 Å². The van der Waals surface area contributed by atoms with Crippen LogP contribution in [-0.2, 0) is 9.59 Å². The van der Waals surface area contributed by atoms with Gasteiger partial charge in [-0.05, 0) is 38.4 Å². The molecule has 1 unspecified atom stereocenters. The third-order valence-electron chi connectivity index (χ3n) is 3.81. The maximum Gasteiger partial charge on any atom is 0.310 e.